The standard InChI is InChI=1S/C28H37F3N4O/c1-19-3-10-24(11-4-19)35-15-13-20(14-16-35)18-34(2)27(36)21-5-7-22(8-6-21)33-23-9-12-26(32)25(17-23)28(29,30)31/h3-4,9-12,17,20-22,33H,5-8,13-16,18,32H2,1-2H3. The molecule has 1 aliphatic heterocycles. The van der Waals surface area contributed by atoms with Crippen LogP contribution in [0.2, 0.25) is 0 Å². The first kappa shape index (κ1) is 26.2. The molecule has 2 aliphatic rings. The van der Waals surface area contributed by atoms with Crippen LogP contribution < -0.4 is 16.0 Å². The second-order valence-electron chi connectivity index (χ2n) is 10.5. The third kappa shape index (κ3) is 6.45. The molecule has 0 aromatic heterocycles. The maximum atomic E-state index is 13.1. The van der Waals surface area contributed by atoms with E-state index in [1.165, 1.54) is 17.3 Å². The van der Waals surface area contributed by atoms with E-state index in [4.69, 9.17) is 5.73 Å². The van der Waals surface area contributed by atoms with Crippen molar-refractivity contribution in [1.29, 1.82) is 0 Å². The number of alkyl halides is 3. The third-order valence-electron chi connectivity index (χ3n) is 7.73. The van der Waals surface area contributed by atoms with E-state index in [1.54, 1.807) is 6.07 Å². The van der Waals surface area contributed by atoms with Crippen molar-refractivity contribution in [2.24, 2.45) is 11.8 Å². The van der Waals surface area contributed by atoms with Crippen molar-refractivity contribution < 1.29 is 18.0 Å². The first-order valence-electron chi connectivity index (χ1n) is 12.9. The summed E-state index contributed by atoms with van der Waals surface area (Å²) in [7, 11) is 1.91. The van der Waals surface area contributed by atoms with Crippen molar-refractivity contribution in [3.05, 3.63) is 53.6 Å². The van der Waals surface area contributed by atoms with E-state index in [2.05, 4.69) is 41.4 Å². The normalized spacial score (nSPS) is 21.3. The maximum Gasteiger partial charge on any atom is 0.418 e. The molecular formula is C28H37F3N4O. The lowest BCUT2D eigenvalue weighted by molar-refractivity contribution is -0.137. The number of nitrogens with one attached hydrogen (secondary N) is 1. The summed E-state index contributed by atoms with van der Waals surface area (Å²) in [4.78, 5) is 17.4. The predicted molar refractivity (Wildman–Crippen MR) is 139 cm³/mol. The fourth-order valence-corrected chi connectivity index (χ4v) is 5.53. The molecule has 3 N–H and O–H groups in total. The fraction of sp³-hybridized carbons (Fsp3) is 0.536. The number of nitrogens with two attached hydrogens (primary N) is 1. The number of piperidine rings is 1. The summed E-state index contributed by atoms with van der Waals surface area (Å²) in [6.45, 7) is 4.89. The van der Waals surface area contributed by atoms with Gasteiger partial charge in [-0.15, -0.1) is 0 Å². The Morgan fingerprint density at radius 1 is 1.03 bits per heavy atom. The summed E-state index contributed by atoms with van der Waals surface area (Å²) in [5, 5.41) is 3.21. The van der Waals surface area contributed by atoms with Crippen LogP contribution >= 0.6 is 0 Å². The topological polar surface area (TPSA) is 61.6 Å². The van der Waals surface area contributed by atoms with Gasteiger partial charge in [0.25, 0.3) is 0 Å². The maximum absolute atomic E-state index is 13.1. The van der Waals surface area contributed by atoms with Gasteiger partial charge < -0.3 is 20.9 Å². The third-order valence-corrected chi connectivity index (χ3v) is 7.73. The quantitative estimate of drug-likeness (QED) is 0.480. The van der Waals surface area contributed by atoms with Gasteiger partial charge in [0.1, 0.15) is 0 Å². The molecule has 0 atom stereocenters. The van der Waals surface area contributed by atoms with Gasteiger partial charge in [0, 0.05) is 55.7 Å². The Balaban J connectivity index is 1.22. The number of nitrogens with zero attached hydrogens (tertiary/aromatic N) is 2. The zero-order valence-corrected chi connectivity index (χ0v) is 21.2. The molecule has 1 heterocycles. The van der Waals surface area contributed by atoms with Gasteiger partial charge in [-0.25, -0.2) is 0 Å². The Morgan fingerprint density at radius 2 is 1.67 bits per heavy atom. The average Bonchev–Trinajstić information content (AvgIpc) is 2.85. The van der Waals surface area contributed by atoms with E-state index in [0.29, 0.717) is 11.6 Å². The highest BCUT2D eigenvalue weighted by molar-refractivity contribution is 5.78. The number of rotatable bonds is 6. The monoisotopic (exact) mass is 502 g/mol. The van der Waals surface area contributed by atoms with Crippen molar-refractivity contribution in [3.8, 4) is 0 Å². The van der Waals surface area contributed by atoms with Crippen molar-refractivity contribution in [2.45, 2.75) is 57.7 Å². The minimum Gasteiger partial charge on any atom is -0.398 e. The van der Waals surface area contributed by atoms with Crippen molar-refractivity contribution in [3.63, 3.8) is 0 Å². The van der Waals surface area contributed by atoms with Gasteiger partial charge in [0.05, 0.1) is 5.56 Å². The first-order valence-corrected chi connectivity index (χ1v) is 12.9. The molecule has 196 valence electrons. The second-order valence-corrected chi connectivity index (χ2v) is 10.5. The van der Waals surface area contributed by atoms with Crippen LogP contribution in [0, 0.1) is 18.8 Å². The second kappa shape index (κ2) is 11.0. The number of hydrogen-bond donors (Lipinski definition) is 2. The van der Waals surface area contributed by atoms with Crippen molar-refractivity contribution in [2.75, 3.05) is 42.6 Å². The van der Waals surface area contributed by atoms with Gasteiger partial charge in [-0.3, -0.25) is 4.79 Å². The highest BCUT2D eigenvalue weighted by Gasteiger charge is 2.34. The van der Waals surface area contributed by atoms with Gasteiger partial charge in [-0.05, 0) is 81.7 Å². The zero-order chi connectivity index (χ0) is 25.9. The molecular weight excluding hydrogens is 465 g/mol. The van der Waals surface area contributed by atoms with Crippen LogP contribution in [-0.2, 0) is 11.0 Å². The molecule has 5 nitrogen and oxygen atoms in total. The van der Waals surface area contributed by atoms with Crippen LogP contribution in [-0.4, -0.2) is 43.5 Å². The summed E-state index contributed by atoms with van der Waals surface area (Å²) in [5.41, 5.74) is 7.36. The van der Waals surface area contributed by atoms with Crippen LogP contribution in [0.1, 0.15) is 49.7 Å². The SMILES string of the molecule is Cc1ccc(N2CCC(CN(C)C(=O)C3CCC(Nc4ccc(N)c(C(F)(F)F)c4)CC3)CC2)cc1. The first-order chi connectivity index (χ1) is 17.1. The van der Waals surface area contributed by atoms with Gasteiger partial charge in [0.2, 0.25) is 5.91 Å². The van der Waals surface area contributed by atoms with Crippen molar-refractivity contribution in [1.82, 2.24) is 4.90 Å². The molecule has 2 fully saturated rings. The number of halogens is 3. The molecule has 2 aromatic rings. The number of amides is 1. The summed E-state index contributed by atoms with van der Waals surface area (Å²) in [6.07, 6.45) is 0.665. The van der Waals surface area contributed by atoms with Gasteiger partial charge in [0.15, 0.2) is 0 Å². The summed E-state index contributed by atoms with van der Waals surface area (Å²) >= 11 is 0. The minimum absolute atomic E-state index is 0.0159. The van der Waals surface area contributed by atoms with Crippen LogP contribution in [0.15, 0.2) is 42.5 Å². The number of benzene rings is 2. The molecule has 0 radical (unpaired) electrons. The number of carbonyl (C=O) groups is 1. The minimum atomic E-state index is -4.48. The summed E-state index contributed by atoms with van der Waals surface area (Å²) in [5.74, 6) is 0.686. The molecule has 1 saturated carbocycles. The number of carbonyl (C=O) groups excluding carboxylic acids is 1. The van der Waals surface area contributed by atoms with E-state index in [1.807, 2.05) is 11.9 Å². The molecule has 1 saturated heterocycles. The number of nitrogen functional groups attached to an aromatic ring is 1. The smallest absolute Gasteiger partial charge is 0.398 e. The molecule has 0 bridgehead atoms. The lowest BCUT2D eigenvalue weighted by Gasteiger charge is -2.36. The Bertz CT molecular complexity index is 1020. The lowest BCUT2D eigenvalue weighted by Crippen LogP contribution is -2.42. The van der Waals surface area contributed by atoms with Gasteiger partial charge >= 0.3 is 6.18 Å². The van der Waals surface area contributed by atoms with E-state index in [0.717, 1.165) is 64.2 Å². The fourth-order valence-electron chi connectivity index (χ4n) is 5.53. The number of aryl methyl sites for hydroxylation is 1. The van der Waals surface area contributed by atoms with Crippen LogP contribution in [0.25, 0.3) is 0 Å². The number of anilines is 3. The number of hydrogen-bond acceptors (Lipinski definition) is 4. The molecule has 4 rings (SSSR count). The van der Waals surface area contributed by atoms with Crippen LogP contribution in [0.3, 0.4) is 0 Å². The molecule has 36 heavy (non-hydrogen) atoms. The Kier molecular flexibility index (Phi) is 8.00. The van der Waals surface area contributed by atoms with Gasteiger partial charge in [-0.1, -0.05) is 17.7 Å². The van der Waals surface area contributed by atoms with E-state index in [9.17, 15) is 18.0 Å². The molecule has 2 aromatic carbocycles. The molecule has 1 amide bonds. The summed E-state index contributed by atoms with van der Waals surface area (Å²) < 4.78 is 39.4. The average molecular weight is 503 g/mol. The zero-order valence-electron chi connectivity index (χ0n) is 21.2. The Labute approximate surface area is 211 Å². The van der Waals surface area contributed by atoms with E-state index >= 15 is 0 Å². The molecule has 0 spiro atoms. The molecule has 1 aliphatic carbocycles. The Hall–Kier alpha value is -2.90. The highest BCUT2D eigenvalue weighted by Crippen LogP contribution is 2.36. The highest BCUT2D eigenvalue weighted by atomic mass is 19.4. The van der Waals surface area contributed by atoms with Crippen LogP contribution in [0.4, 0.5) is 30.2 Å². The van der Waals surface area contributed by atoms with E-state index < -0.39 is 11.7 Å². The predicted octanol–water partition coefficient (Wildman–Crippen LogP) is 5.94. The van der Waals surface area contributed by atoms with E-state index in [-0.39, 0.29) is 23.6 Å². The Morgan fingerprint density at radius 3 is 2.28 bits per heavy atom. The van der Waals surface area contributed by atoms with Crippen LogP contribution in [0.5, 0.6) is 0 Å². The molecule has 8 heteroatoms. The summed E-state index contributed by atoms with van der Waals surface area (Å²) in [6, 6.07) is 12.7. The lowest BCUT2D eigenvalue weighted by atomic mass is 9.84. The van der Waals surface area contributed by atoms with Crippen molar-refractivity contribution >= 4 is 23.0 Å². The molecule has 0 unspecified atom stereocenters. The largest absolute Gasteiger partial charge is 0.418 e. The van der Waals surface area contributed by atoms with Gasteiger partial charge in [-0.2, -0.15) is 13.2 Å².